The molecular formula is C12H22N2O2S. The molecule has 0 saturated heterocycles. The first kappa shape index (κ1) is 16.0. The van der Waals surface area contributed by atoms with Gasteiger partial charge in [-0.25, -0.2) is 0 Å². The zero-order valence-corrected chi connectivity index (χ0v) is 11.8. The van der Waals surface area contributed by atoms with Crippen LogP contribution in [0.1, 0.15) is 27.7 Å². The first-order valence-electron chi connectivity index (χ1n) is 5.56. The van der Waals surface area contributed by atoms with Crippen LogP contribution < -0.4 is 10.6 Å². The maximum absolute atomic E-state index is 11.7. The van der Waals surface area contributed by atoms with Gasteiger partial charge < -0.3 is 10.6 Å². The third-order valence-corrected chi connectivity index (χ3v) is 2.68. The average molecular weight is 258 g/mol. The Bertz CT molecular complexity index is 285. The van der Waals surface area contributed by atoms with E-state index in [0.29, 0.717) is 5.75 Å². The standard InChI is InChI=1S/C12H22N2O2S/c1-6-7-17-8-10(15)13-9(2)11(16)14-12(3,4)5/h6,9H,1,7-8H2,2-5H3,(H,13,15)(H,14,16). The molecule has 98 valence electrons. The molecule has 0 aliphatic rings. The number of nitrogens with one attached hydrogen (secondary N) is 2. The predicted molar refractivity (Wildman–Crippen MR) is 73.0 cm³/mol. The van der Waals surface area contributed by atoms with Gasteiger partial charge in [-0.05, 0) is 27.7 Å². The molecule has 0 radical (unpaired) electrons. The van der Waals surface area contributed by atoms with Gasteiger partial charge in [0.25, 0.3) is 0 Å². The summed E-state index contributed by atoms with van der Waals surface area (Å²) in [7, 11) is 0. The van der Waals surface area contributed by atoms with E-state index in [9.17, 15) is 9.59 Å². The summed E-state index contributed by atoms with van der Waals surface area (Å²) in [4.78, 5) is 23.1. The van der Waals surface area contributed by atoms with E-state index >= 15 is 0 Å². The highest BCUT2D eigenvalue weighted by molar-refractivity contribution is 8.00. The van der Waals surface area contributed by atoms with Gasteiger partial charge in [-0.2, -0.15) is 0 Å². The van der Waals surface area contributed by atoms with Gasteiger partial charge in [0.2, 0.25) is 11.8 Å². The number of carbonyl (C=O) groups is 2. The summed E-state index contributed by atoms with van der Waals surface area (Å²) in [5.41, 5.74) is -0.284. The Kier molecular flexibility index (Phi) is 6.95. The lowest BCUT2D eigenvalue weighted by atomic mass is 10.1. The van der Waals surface area contributed by atoms with Crippen LogP contribution in [0.5, 0.6) is 0 Å². The molecule has 0 fully saturated rings. The third kappa shape index (κ3) is 8.80. The molecule has 0 aromatic carbocycles. The Morgan fingerprint density at radius 1 is 1.41 bits per heavy atom. The topological polar surface area (TPSA) is 58.2 Å². The third-order valence-electron chi connectivity index (χ3n) is 1.74. The second-order valence-corrected chi connectivity index (χ2v) is 5.86. The van der Waals surface area contributed by atoms with Crippen molar-refractivity contribution in [3.8, 4) is 0 Å². The van der Waals surface area contributed by atoms with E-state index in [0.717, 1.165) is 5.75 Å². The van der Waals surface area contributed by atoms with Crippen LogP contribution in [0, 0.1) is 0 Å². The summed E-state index contributed by atoms with van der Waals surface area (Å²) in [6, 6.07) is -0.508. The van der Waals surface area contributed by atoms with E-state index in [1.165, 1.54) is 11.8 Å². The minimum Gasteiger partial charge on any atom is -0.350 e. The lowest BCUT2D eigenvalue weighted by Crippen LogP contribution is -2.51. The Morgan fingerprint density at radius 2 is 2.00 bits per heavy atom. The minimum absolute atomic E-state index is 0.131. The molecule has 0 aliphatic heterocycles. The lowest BCUT2D eigenvalue weighted by molar-refractivity contribution is -0.128. The Hall–Kier alpha value is -0.970. The zero-order chi connectivity index (χ0) is 13.5. The largest absolute Gasteiger partial charge is 0.350 e. The molecule has 0 saturated carbocycles. The van der Waals surface area contributed by atoms with Crippen LogP contribution in [0.25, 0.3) is 0 Å². The van der Waals surface area contributed by atoms with E-state index in [1.54, 1.807) is 13.0 Å². The Labute approximate surface area is 108 Å². The van der Waals surface area contributed by atoms with Crippen LogP contribution in [-0.2, 0) is 9.59 Å². The molecule has 4 nitrogen and oxygen atoms in total. The van der Waals surface area contributed by atoms with Crippen LogP contribution in [-0.4, -0.2) is 34.9 Å². The summed E-state index contributed by atoms with van der Waals surface area (Å²) < 4.78 is 0. The van der Waals surface area contributed by atoms with Crippen molar-refractivity contribution in [3.05, 3.63) is 12.7 Å². The number of thioether (sulfide) groups is 1. The van der Waals surface area contributed by atoms with E-state index in [4.69, 9.17) is 0 Å². The number of hydrogen-bond donors (Lipinski definition) is 2. The summed E-state index contributed by atoms with van der Waals surface area (Å²) in [5.74, 6) is 0.780. The van der Waals surface area contributed by atoms with Crippen molar-refractivity contribution >= 4 is 23.6 Å². The van der Waals surface area contributed by atoms with Crippen molar-refractivity contribution in [2.75, 3.05) is 11.5 Å². The minimum atomic E-state index is -0.508. The first-order chi connectivity index (χ1) is 7.76. The molecule has 0 rings (SSSR count). The summed E-state index contributed by atoms with van der Waals surface area (Å²) >= 11 is 1.47. The molecule has 0 aromatic rings. The van der Waals surface area contributed by atoms with E-state index in [2.05, 4.69) is 17.2 Å². The van der Waals surface area contributed by atoms with Gasteiger partial charge in [0.05, 0.1) is 5.75 Å². The van der Waals surface area contributed by atoms with Crippen molar-refractivity contribution in [2.45, 2.75) is 39.3 Å². The fourth-order valence-electron chi connectivity index (χ4n) is 1.06. The molecular weight excluding hydrogens is 236 g/mol. The van der Waals surface area contributed by atoms with Gasteiger partial charge in [-0.15, -0.1) is 18.3 Å². The normalized spacial score (nSPS) is 12.7. The predicted octanol–water partition coefficient (Wildman–Crippen LogP) is 1.32. The van der Waals surface area contributed by atoms with Crippen LogP contribution in [0.3, 0.4) is 0 Å². The highest BCUT2D eigenvalue weighted by atomic mass is 32.2. The molecule has 0 bridgehead atoms. The average Bonchev–Trinajstić information content (AvgIpc) is 2.15. The molecule has 0 aliphatic carbocycles. The second-order valence-electron chi connectivity index (χ2n) is 4.83. The van der Waals surface area contributed by atoms with Crippen molar-refractivity contribution in [1.82, 2.24) is 10.6 Å². The molecule has 17 heavy (non-hydrogen) atoms. The van der Waals surface area contributed by atoms with Crippen molar-refractivity contribution in [3.63, 3.8) is 0 Å². The molecule has 1 unspecified atom stereocenters. The van der Waals surface area contributed by atoms with Crippen LogP contribution in [0.2, 0.25) is 0 Å². The summed E-state index contributed by atoms with van der Waals surface area (Å²) in [6.07, 6.45) is 1.74. The van der Waals surface area contributed by atoms with Crippen LogP contribution in [0.4, 0.5) is 0 Å². The van der Waals surface area contributed by atoms with E-state index < -0.39 is 6.04 Å². The molecule has 0 spiro atoms. The van der Waals surface area contributed by atoms with Crippen molar-refractivity contribution in [1.29, 1.82) is 0 Å². The fourth-order valence-corrected chi connectivity index (χ4v) is 1.61. The molecule has 1 atom stereocenters. The maximum Gasteiger partial charge on any atom is 0.242 e. The Balaban J connectivity index is 3.99. The maximum atomic E-state index is 11.7. The van der Waals surface area contributed by atoms with E-state index in [-0.39, 0.29) is 17.4 Å². The van der Waals surface area contributed by atoms with Crippen molar-refractivity contribution in [2.24, 2.45) is 0 Å². The second kappa shape index (κ2) is 7.37. The molecule has 0 heterocycles. The molecule has 2 N–H and O–H groups in total. The smallest absolute Gasteiger partial charge is 0.242 e. The van der Waals surface area contributed by atoms with Gasteiger partial charge in [0.1, 0.15) is 6.04 Å². The fraction of sp³-hybridized carbons (Fsp3) is 0.667. The number of rotatable bonds is 6. The van der Waals surface area contributed by atoms with Gasteiger partial charge in [-0.3, -0.25) is 9.59 Å². The molecule has 2 amide bonds. The summed E-state index contributed by atoms with van der Waals surface area (Å²) in [5, 5.41) is 5.47. The quantitative estimate of drug-likeness (QED) is 0.558. The van der Waals surface area contributed by atoms with Crippen LogP contribution in [0.15, 0.2) is 12.7 Å². The first-order valence-corrected chi connectivity index (χ1v) is 6.72. The highest BCUT2D eigenvalue weighted by Crippen LogP contribution is 2.01. The number of carbonyl (C=O) groups excluding carboxylic acids is 2. The van der Waals surface area contributed by atoms with E-state index in [1.807, 2.05) is 20.8 Å². The lowest BCUT2D eigenvalue weighted by Gasteiger charge is -2.23. The van der Waals surface area contributed by atoms with Crippen molar-refractivity contribution < 1.29 is 9.59 Å². The molecule has 5 heteroatoms. The zero-order valence-electron chi connectivity index (χ0n) is 11.0. The Morgan fingerprint density at radius 3 is 2.47 bits per heavy atom. The molecule has 0 aromatic heterocycles. The monoisotopic (exact) mass is 258 g/mol. The number of amides is 2. The number of hydrogen-bond acceptors (Lipinski definition) is 3. The van der Waals surface area contributed by atoms with Gasteiger partial charge >= 0.3 is 0 Å². The van der Waals surface area contributed by atoms with Gasteiger partial charge in [0.15, 0.2) is 0 Å². The highest BCUT2D eigenvalue weighted by Gasteiger charge is 2.20. The van der Waals surface area contributed by atoms with Gasteiger partial charge in [-0.1, -0.05) is 6.08 Å². The van der Waals surface area contributed by atoms with Gasteiger partial charge in [0, 0.05) is 11.3 Å². The summed E-state index contributed by atoms with van der Waals surface area (Å²) in [6.45, 7) is 11.0. The SMILES string of the molecule is C=CCSCC(=O)NC(C)C(=O)NC(C)(C)C. The van der Waals surface area contributed by atoms with Crippen LogP contribution >= 0.6 is 11.8 Å².